The van der Waals surface area contributed by atoms with Gasteiger partial charge in [-0.2, -0.15) is 0 Å². The third-order valence-corrected chi connectivity index (χ3v) is 5.46. The fraction of sp³-hybridized carbons (Fsp3) is 0.412. The van der Waals surface area contributed by atoms with Crippen LogP contribution in [0.2, 0.25) is 0 Å². The van der Waals surface area contributed by atoms with Crippen molar-refractivity contribution >= 4 is 23.6 Å². The lowest BCUT2D eigenvalue weighted by Crippen LogP contribution is -2.46. The van der Waals surface area contributed by atoms with Gasteiger partial charge in [0.25, 0.3) is 0 Å². The van der Waals surface area contributed by atoms with E-state index in [0.29, 0.717) is 13.0 Å². The fourth-order valence-corrected chi connectivity index (χ4v) is 4.31. The summed E-state index contributed by atoms with van der Waals surface area (Å²) in [5, 5.41) is 3.01. The summed E-state index contributed by atoms with van der Waals surface area (Å²) in [6.45, 7) is 4.06. The number of carbonyl (C=O) groups is 2. The predicted octanol–water partition coefficient (Wildman–Crippen LogP) is 2.66. The molecule has 2 unspecified atom stereocenters. The first-order valence-electron chi connectivity index (χ1n) is 7.76. The molecule has 1 N–H and O–H groups in total. The van der Waals surface area contributed by atoms with Crippen molar-refractivity contribution in [2.75, 3.05) is 12.3 Å². The maximum atomic E-state index is 13.5. The zero-order valence-corrected chi connectivity index (χ0v) is 13.6. The fourth-order valence-electron chi connectivity index (χ4n) is 3.20. The molecule has 1 fully saturated rings. The van der Waals surface area contributed by atoms with E-state index in [0.717, 1.165) is 29.1 Å². The molecule has 4 nitrogen and oxygen atoms in total. The number of benzene rings is 1. The van der Waals surface area contributed by atoms with Gasteiger partial charge >= 0.3 is 0 Å². The van der Waals surface area contributed by atoms with Gasteiger partial charge in [0.2, 0.25) is 11.8 Å². The van der Waals surface area contributed by atoms with Crippen LogP contribution in [0.3, 0.4) is 0 Å². The van der Waals surface area contributed by atoms with Crippen molar-refractivity contribution in [3.63, 3.8) is 0 Å². The van der Waals surface area contributed by atoms with E-state index in [1.54, 1.807) is 22.7 Å². The average molecular weight is 334 g/mol. The molecule has 1 aromatic rings. The third kappa shape index (κ3) is 3.27. The van der Waals surface area contributed by atoms with Crippen molar-refractivity contribution in [3.05, 3.63) is 42.2 Å². The smallest absolute Gasteiger partial charge is 0.246 e. The molecule has 2 atom stereocenters. The van der Waals surface area contributed by atoms with Gasteiger partial charge in [0.15, 0.2) is 0 Å². The first-order valence-corrected chi connectivity index (χ1v) is 8.74. The van der Waals surface area contributed by atoms with Crippen molar-refractivity contribution in [2.45, 2.75) is 36.2 Å². The summed E-state index contributed by atoms with van der Waals surface area (Å²) in [7, 11) is 0. The molecule has 0 bridgehead atoms. The van der Waals surface area contributed by atoms with Gasteiger partial charge in [-0.25, -0.2) is 4.39 Å². The molecule has 2 amide bonds. The molecule has 0 radical (unpaired) electrons. The SMILES string of the molecule is C=CC(=O)N1CCCC1C(=O)NC1CCSc2ccc(F)cc21. The van der Waals surface area contributed by atoms with Gasteiger partial charge in [0, 0.05) is 17.2 Å². The Labute approximate surface area is 139 Å². The minimum atomic E-state index is -0.452. The first kappa shape index (κ1) is 16.1. The Balaban J connectivity index is 1.75. The number of nitrogens with one attached hydrogen (secondary N) is 1. The molecule has 0 saturated carbocycles. The van der Waals surface area contributed by atoms with Gasteiger partial charge < -0.3 is 10.2 Å². The first-order chi connectivity index (χ1) is 11.1. The average Bonchev–Trinajstić information content (AvgIpc) is 3.04. The molecule has 2 heterocycles. The number of nitrogens with zero attached hydrogens (tertiary/aromatic N) is 1. The Hall–Kier alpha value is -1.82. The molecular weight excluding hydrogens is 315 g/mol. The third-order valence-electron chi connectivity index (χ3n) is 4.34. The monoisotopic (exact) mass is 334 g/mol. The van der Waals surface area contributed by atoms with Crippen LogP contribution in [-0.4, -0.2) is 35.1 Å². The number of hydrogen-bond donors (Lipinski definition) is 1. The predicted molar refractivity (Wildman–Crippen MR) is 87.6 cm³/mol. The van der Waals surface area contributed by atoms with Gasteiger partial charge in [-0.1, -0.05) is 6.58 Å². The number of amides is 2. The minimum absolute atomic E-state index is 0.162. The number of fused-ring (bicyclic) bond motifs is 1. The molecule has 2 aliphatic rings. The number of hydrogen-bond acceptors (Lipinski definition) is 3. The lowest BCUT2D eigenvalue weighted by Gasteiger charge is -2.29. The Kier molecular flexibility index (Phi) is 4.71. The summed E-state index contributed by atoms with van der Waals surface area (Å²) < 4.78 is 13.5. The molecule has 0 aromatic heterocycles. The summed E-state index contributed by atoms with van der Waals surface area (Å²) in [6, 6.07) is 4.05. The molecule has 2 aliphatic heterocycles. The van der Waals surface area contributed by atoms with Gasteiger partial charge in [-0.3, -0.25) is 9.59 Å². The van der Waals surface area contributed by atoms with Crippen molar-refractivity contribution in [2.24, 2.45) is 0 Å². The van der Waals surface area contributed by atoms with E-state index in [4.69, 9.17) is 0 Å². The number of halogens is 1. The minimum Gasteiger partial charge on any atom is -0.347 e. The van der Waals surface area contributed by atoms with E-state index in [1.807, 2.05) is 0 Å². The van der Waals surface area contributed by atoms with Crippen molar-refractivity contribution in [1.82, 2.24) is 10.2 Å². The molecule has 23 heavy (non-hydrogen) atoms. The van der Waals surface area contributed by atoms with Crippen LogP contribution in [0.15, 0.2) is 35.7 Å². The van der Waals surface area contributed by atoms with Crippen LogP contribution >= 0.6 is 11.8 Å². The summed E-state index contributed by atoms with van der Waals surface area (Å²) >= 11 is 1.67. The van der Waals surface area contributed by atoms with Crippen molar-refractivity contribution < 1.29 is 14.0 Å². The van der Waals surface area contributed by atoms with Crippen LogP contribution < -0.4 is 5.32 Å². The van der Waals surface area contributed by atoms with E-state index < -0.39 is 6.04 Å². The summed E-state index contributed by atoms with van der Waals surface area (Å²) in [5.41, 5.74) is 0.828. The summed E-state index contributed by atoms with van der Waals surface area (Å²) in [5.74, 6) is 0.205. The second-order valence-electron chi connectivity index (χ2n) is 5.77. The Morgan fingerprint density at radius 3 is 3.00 bits per heavy atom. The molecule has 1 saturated heterocycles. The van der Waals surface area contributed by atoms with Gasteiger partial charge in [0.05, 0.1) is 6.04 Å². The molecule has 0 aliphatic carbocycles. The second kappa shape index (κ2) is 6.74. The Morgan fingerprint density at radius 1 is 1.39 bits per heavy atom. The highest BCUT2D eigenvalue weighted by molar-refractivity contribution is 7.99. The molecule has 122 valence electrons. The zero-order valence-electron chi connectivity index (χ0n) is 12.8. The van der Waals surface area contributed by atoms with Crippen LogP contribution in [0.4, 0.5) is 4.39 Å². The van der Waals surface area contributed by atoms with Crippen LogP contribution in [0.5, 0.6) is 0 Å². The molecule has 6 heteroatoms. The standard InChI is InChI=1S/C17H19FN2O2S/c1-2-16(21)20-8-3-4-14(20)17(22)19-13-7-9-23-15-6-5-11(18)10-12(13)15/h2,5-6,10,13-14H,1,3-4,7-9H2,(H,19,22). The largest absolute Gasteiger partial charge is 0.347 e. The van der Waals surface area contributed by atoms with Crippen molar-refractivity contribution in [1.29, 1.82) is 0 Å². The van der Waals surface area contributed by atoms with E-state index in [-0.39, 0.29) is 23.7 Å². The highest BCUT2D eigenvalue weighted by Gasteiger charge is 2.34. The highest BCUT2D eigenvalue weighted by Crippen LogP contribution is 2.36. The van der Waals surface area contributed by atoms with E-state index in [1.165, 1.54) is 18.2 Å². The van der Waals surface area contributed by atoms with Gasteiger partial charge in [-0.15, -0.1) is 11.8 Å². The summed E-state index contributed by atoms with van der Waals surface area (Å²) in [6.07, 6.45) is 3.47. The number of thioether (sulfide) groups is 1. The lowest BCUT2D eigenvalue weighted by atomic mass is 10.0. The second-order valence-corrected chi connectivity index (χ2v) is 6.91. The highest BCUT2D eigenvalue weighted by atomic mass is 32.2. The Morgan fingerprint density at radius 2 is 2.22 bits per heavy atom. The molecule has 3 rings (SSSR count). The quantitative estimate of drug-likeness (QED) is 0.865. The Bertz CT molecular complexity index is 649. The van der Waals surface area contributed by atoms with Gasteiger partial charge in [0.1, 0.15) is 11.9 Å². The van der Waals surface area contributed by atoms with Crippen LogP contribution in [0.1, 0.15) is 30.9 Å². The zero-order chi connectivity index (χ0) is 16.4. The number of carbonyl (C=O) groups excluding carboxylic acids is 2. The summed E-state index contributed by atoms with van der Waals surface area (Å²) in [4.78, 5) is 27.0. The maximum absolute atomic E-state index is 13.5. The van der Waals surface area contributed by atoms with E-state index in [9.17, 15) is 14.0 Å². The van der Waals surface area contributed by atoms with E-state index in [2.05, 4.69) is 11.9 Å². The topological polar surface area (TPSA) is 49.4 Å². The van der Waals surface area contributed by atoms with Crippen LogP contribution in [0, 0.1) is 5.82 Å². The molecule has 1 aromatic carbocycles. The molecular formula is C17H19FN2O2S. The van der Waals surface area contributed by atoms with E-state index >= 15 is 0 Å². The lowest BCUT2D eigenvalue weighted by molar-refractivity contribution is -0.135. The number of rotatable bonds is 3. The van der Waals surface area contributed by atoms with Crippen LogP contribution in [0.25, 0.3) is 0 Å². The van der Waals surface area contributed by atoms with Gasteiger partial charge in [-0.05, 0) is 49.1 Å². The van der Waals surface area contributed by atoms with Crippen LogP contribution in [-0.2, 0) is 9.59 Å². The normalized spacial score (nSPS) is 23.3. The molecule has 0 spiro atoms. The number of likely N-dealkylation sites (tertiary alicyclic amines) is 1. The van der Waals surface area contributed by atoms with Crippen molar-refractivity contribution in [3.8, 4) is 0 Å². The maximum Gasteiger partial charge on any atom is 0.246 e.